The standard InChI is InChI=1S/C19H31N3O/c1-16(2)22-15-19(12-18(22)14-23-3)7-10-21(11-8-19)13-17-6-4-5-9-20-17/h4-6,9,16,18H,7-8,10-15H2,1-3H3/t18-/m0/s1. The van der Waals surface area contributed by atoms with Crippen molar-refractivity contribution in [1.82, 2.24) is 14.8 Å². The third-order valence-electron chi connectivity index (χ3n) is 5.71. The first-order valence-electron chi connectivity index (χ1n) is 8.99. The summed E-state index contributed by atoms with van der Waals surface area (Å²) in [5.41, 5.74) is 1.70. The summed E-state index contributed by atoms with van der Waals surface area (Å²) in [6.45, 7) is 10.1. The van der Waals surface area contributed by atoms with E-state index in [-0.39, 0.29) is 0 Å². The summed E-state index contributed by atoms with van der Waals surface area (Å²) in [6, 6.07) is 7.42. The number of likely N-dealkylation sites (tertiary alicyclic amines) is 2. The van der Waals surface area contributed by atoms with Crippen LogP contribution in [0.2, 0.25) is 0 Å². The summed E-state index contributed by atoms with van der Waals surface area (Å²) >= 11 is 0. The molecule has 1 atom stereocenters. The number of piperidine rings is 1. The van der Waals surface area contributed by atoms with E-state index in [0.717, 1.165) is 13.2 Å². The highest BCUT2D eigenvalue weighted by Gasteiger charge is 2.45. The molecule has 0 radical (unpaired) electrons. The van der Waals surface area contributed by atoms with Crippen molar-refractivity contribution in [3.8, 4) is 0 Å². The molecule has 23 heavy (non-hydrogen) atoms. The van der Waals surface area contributed by atoms with E-state index in [2.05, 4.69) is 40.8 Å². The molecule has 0 aromatic carbocycles. The SMILES string of the molecule is COC[C@@H]1CC2(CCN(Cc3ccccn3)CC2)CN1C(C)C. The fourth-order valence-electron chi connectivity index (χ4n) is 4.42. The number of ether oxygens (including phenoxy) is 1. The van der Waals surface area contributed by atoms with E-state index in [0.29, 0.717) is 17.5 Å². The third-order valence-corrected chi connectivity index (χ3v) is 5.71. The van der Waals surface area contributed by atoms with Crippen LogP contribution in [0.25, 0.3) is 0 Å². The molecule has 2 saturated heterocycles. The predicted molar refractivity (Wildman–Crippen MR) is 93.3 cm³/mol. The maximum Gasteiger partial charge on any atom is 0.0618 e. The van der Waals surface area contributed by atoms with Crippen molar-refractivity contribution in [2.45, 2.75) is 51.7 Å². The van der Waals surface area contributed by atoms with Gasteiger partial charge in [0.05, 0.1) is 12.3 Å². The molecule has 3 heterocycles. The first-order valence-corrected chi connectivity index (χ1v) is 8.99. The number of hydrogen-bond acceptors (Lipinski definition) is 4. The van der Waals surface area contributed by atoms with E-state index < -0.39 is 0 Å². The molecule has 4 nitrogen and oxygen atoms in total. The second kappa shape index (κ2) is 7.29. The average molecular weight is 317 g/mol. The second-order valence-corrected chi connectivity index (χ2v) is 7.68. The van der Waals surface area contributed by atoms with Crippen molar-refractivity contribution in [2.24, 2.45) is 5.41 Å². The predicted octanol–water partition coefficient (Wildman–Crippen LogP) is 2.79. The molecule has 1 aromatic heterocycles. The fourth-order valence-corrected chi connectivity index (χ4v) is 4.42. The Balaban J connectivity index is 1.57. The zero-order valence-electron chi connectivity index (χ0n) is 14.9. The van der Waals surface area contributed by atoms with E-state index in [1.54, 1.807) is 0 Å². The van der Waals surface area contributed by atoms with Crippen LogP contribution in [-0.4, -0.2) is 60.2 Å². The van der Waals surface area contributed by atoms with Gasteiger partial charge in [-0.3, -0.25) is 14.8 Å². The molecule has 1 aromatic rings. The van der Waals surface area contributed by atoms with Gasteiger partial charge >= 0.3 is 0 Å². The highest BCUT2D eigenvalue weighted by molar-refractivity contribution is 5.05. The van der Waals surface area contributed by atoms with Crippen molar-refractivity contribution < 1.29 is 4.74 Å². The molecule has 2 fully saturated rings. The summed E-state index contributed by atoms with van der Waals surface area (Å²) in [6.07, 6.45) is 5.82. The first kappa shape index (κ1) is 16.9. The molecule has 0 N–H and O–H groups in total. The van der Waals surface area contributed by atoms with Crippen molar-refractivity contribution in [3.05, 3.63) is 30.1 Å². The quantitative estimate of drug-likeness (QED) is 0.835. The van der Waals surface area contributed by atoms with Gasteiger partial charge in [0.1, 0.15) is 0 Å². The van der Waals surface area contributed by atoms with Crippen LogP contribution in [-0.2, 0) is 11.3 Å². The van der Waals surface area contributed by atoms with Crippen LogP contribution in [0.4, 0.5) is 0 Å². The van der Waals surface area contributed by atoms with Gasteiger partial charge in [-0.05, 0) is 63.7 Å². The van der Waals surface area contributed by atoms with Gasteiger partial charge in [-0.15, -0.1) is 0 Å². The molecule has 2 aliphatic heterocycles. The Morgan fingerprint density at radius 1 is 1.30 bits per heavy atom. The summed E-state index contributed by atoms with van der Waals surface area (Å²) in [5, 5.41) is 0. The Hall–Kier alpha value is -0.970. The van der Waals surface area contributed by atoms with Gasteiger partial charge in [0.15, 0.2) is 0 Å². The molecule has 128 valence electrons. The smallest absolute Gasteiger partial charge is 0.0618 e. The van der Waals surface area contributed by atoms with Crippen molar-refractivity contribution >= 4 is 0 Å². The molecule has 0 saturated carbocycles. The fraction of sp³-hybridized carbons (Fsp3) is 0.737. The van der Waals surface area contributed by atoms with E-state index in [1.807, 2.05) is 19.4 Å². The molecular formula is C19H31N3O. The molecule has 0 aliphatic carbocycles. The lowest BCUT2D eigenvalue weighted by Gasteiger charge is -2.39. The summed E-state index contributed by atoms with van der Waals surface area (Å²) in [4.78, 5) is 9.70. The maximum absolute atomic E-state index is 5.48. The highest BCUT2D eigenvalue weighted by atomic mass is 16.5. The Bertz CT molecular complexity index is 483. The summed E-state index contributed by atoms with van der Waals surface area (Å²) in [7, 11) is 1.83. The molecule has 0 amide bonds. The molecular weight excluding hydrogens is 286 g/mol. The number of nitrogens with zero attached hydrogens (tertiary/aromatic N) is 3. The maximum atomic E-state index is 5.48. The molecule has 2 aliphatic rings. The third kappa shape index (κ3) is 3.93. The first-order chi connectivity index (χ1) is 11.1. The highest BCUT2D eigenvalue weighted by Crippen LogP contribution is 2.44. The monoisotopic (exact) mass is 317 g/mol. The van der Waals surface area contributed by atoms with Crippen LogP contribution < -0.4 is 0 Å². The van der Waals surface area contributed by atoms with Gasteiger partial charge in [-0.1, -0.05) is 6.07 Å². The van der Waals surface area contributed by atoms with Gasteiger partial charge in [0.2, 0.25) is 0 Å². The average Bonchev–Trinajstić information content (AvgIpc) is 2.90. The van der Waals surface area contributed by atoms with Gasteiger partial charge < -0.3 is 4.74 Å². The van der Waals surface area contributed by atoms with Gasteiger partial charge in [-0.2, -0.15) is 0 Å². The van der Waals surface area contributed by atoms with E-state index in [1.165, 1.54) is 44.6 Å². The lowest BCUT2D eigenvalue weighted by molar-refractivity contribution is 0.0912. The molecule has 1 spiro atoms. The van der Waals surface area contributed by atoms with Gasteiger partial charge in [0, 0.05) is 38.5 Å². The number of pyridine rings is 1. The number of rotatable bonds is 5. The summed E-state index contributed by atoms with van der Waals surface area (Å²) in [5.74, 6) is 0. The Labute approximate surface area is 140 Å². The molecule has 0 unspecified atom stereocenters. The normalized spacial score (nSPS) is 25.5. The molecule has 0 bridgehead atoms. The molecule has 3 rings (SSSR count). The zero-order valence-corrected chi connectivity index (χ0v) is 14.9. The van der Waals surface area contributed by atoms with Crippen LogP contribution in [0.5, 0.6) is 0 Å². The number of methoxy groups -OCH3 is 1. The number of aromatic nitrogens is 1. The Morgan fingerprint density at radius 3 is 2.70 bits per heavy atom. The number of hydrogen-bond donors (Lipinski definition) is 0. The Kier molecular flexibility index (Phi) is 5.34. The van der Waals surface area contributed by atoms with E-state index >= 15 is 0 Å². The van der Waals surface area contributed by atoms with Crippen LogP contribution in [0, 0.1) is 5.41 Å². The molecule has 4 heteroatoms. The topological polar surface area (TPSA) is 28.6 Å². The van der Waals surface area contributed by atoms with Crippen LogP contribution in [0.15, 0.2) is 24.4 Å². The van der Waals surface area contributed by atoms with Crippen LogP contribution in [0.1, 0.15) is 38.8 Å². The van der Waals surface area contributed by atoms with Gasteiger partial charge in [0.25, 0.3) is 0 Å². The zero-order chi connectivity index (χ0) is 16.3. The van der Waals surface area contributed by atoms with Crippen molar-refractivity contribution in [1.29, 1.82) is 0 Å². The summed E-state index contributed by atoms with van der Waals surface area (Å²) < 4.78 is 5.48. The minimum atomic E-state index is 0.508. The lowest BCUT2D eigenvalue weighted by Crippen LogP contribution is -2.42. The van der Waals surface area contributed by atoms with Gasteiger partial charge in [-0.25, -0.2) is 0 Å². The lowest BCUT2D eigenvalue weighted by atomic mass is 9.76. The minimum Gasteiger partial charge on any atom is -0.383 e. The van der Waals surface area contributed by atoms with E-state index in [9.17, 15) is 0 Å². The largest absolute Gasteiger partial charge is 0.383 e. The van der Waals surface area contributed by atoms with Crippen molar-refractivity contribution in [3.63, 3.8) is 0 Å². The van der Waals surface area contributed by atoms with Crippen LogP contribution in [0.3, 0.4) is 0 Å². The van der Waals surface area contributed by atoms with Crippen molar-refractivity contribution in [2.75, 3.05) is 33.4 Å². The van der Waals surface area contributed by atoms with Crippen LogP contribution >= 0.6 is 0 Å². The second-order valence-electron chi connectivity index (χ2n) is 7.68. The Morgan fingerprint density at radius 2 is 2.09 bits per heavy atom. The van der Waals surface area contributed by atoms with E-state index in [4.69, 9.17) is 4.74 Å². The minimum absolute atomic E-state index is 0.508.